The predicted octanol–water partition coefficient (Wildman–Crippen LogP) is 4.35. The number of rotatable bonds is 12. The SMILES string of the molecule is Cc1cc(O)cc(C)c1C[C@H](N)C(=O)N1Cc2ccccc2C[C@H]1C(=O)N[C@H](C(=O)N[C@@H](Cc1ccccc1)C(=O)O)C(C)C1CCCCC1. The molecule has 0 aromatic heterocycles. The molecule has 0 saturated heterocycles. The number of amides is 3. The number of fused-ring (bicyclic) bond motifs is 1. The van der Waals surface area contributed by atoms with Gasteiger partial charge in [-0.3, -0.25) is 14.4 Å². The first-order chi connectivity index (χ1) is 23.9. The third-order valence-electron chi connectivity index (χ3n) is 10.7. The van der Waals surface area contributed by atoms with Gasteiger partial charge in [-0.2, -0.15) is 0 Å². The maximum Gasteiger partial charge on any atom is 0.326 e. The third kappa shape index (κ3) is 8.71. The van der Waals surface area contributed by atoms with Crippen molar-refractivity contribution in [3.63, 3.8) is 0 Å². The summed E-state index contributed by atoms with van der Waals surface area (Å²) in [7, 11) is 0. The van der Waals surface area contributed by atoms with Crippen LogP contribution in [-0.2, 0) is 45.0 Å². The number of nitrogens with one attached hydrogen (secondary N) is 2. The molecule has 3 aromatic rings. The second kappa shape index (κ2) is 16.3. The number of hydrogen-bond donors (Lipinski definition) is 5. The van der Waals surface area contributed by atoms with Crippen molar-refractivity contribution in [2.75, 3.05) is 0 Å². The first-order valence-corrected chi connectivity index (χ1v) is 17.7. The lowest BCUT2D eigenvalue weighted by molar-refractivity contribution is -0.145. The number of nitrogens with two attached hydrogens (primary N) is 1. The summed E-state index contributed by atoms with van der Waals surface area (Å²) in [6, 6.07) is 16.0. The van der Waals surface area contributed by atoms with Crippen LogP contribution >= 0.6 is 0 Å². The highest BCUT2D eigenvalue weighted by Crippen LogP contribution is 2.32. The molecule has 50 heavy (non-hydrogen) atoms. The number of aryl methyl sites for hydroxylation is 2. The number of carbonyl (C=O) groups is 4. The minimum atomic E-state index is -1.19. The molecule has 1 aliphatic heterocycles. The fourth-order valence-electron chi connectivity index (χ4n) is 7.73. The van der Waals surface area contributed by atoms with Crippen molar-refractivity contribution in [1.29, 1.82) is 0 Å². The zero-order valence-electron chi connectivity index (χ0n) is 29.2. The van der Waals surface area contributed by atoms with E-state index in [0.717, 1.165) is 65.5 Å². The topological polar surface area (TPSA) is 162 Å². The van der Waals surface area contributed by atoms with Crippen LogP contribution in [0.2, 0.25) is 0 Å². The molecule has 1 heterocycles. The number of carboxylic acids is 1. The van der Waals surface area contributed by atoms with E-state index in [0.29, 0.717) is 0 Å². The van der Waals surface area contributed by atoms with E-state index >= 15 is 0 Å². The van der Waals surface area contributed by atoms with Gasteiger partial charge < -0.3 is 31.5 Å². The summed E-state index contributed by atoms with van der Waals surface area (Å²) in [5, 5.41) is 25.8. The van der Waals surface area contributed by atoms with Crippen LogP contribution in [0.15, 0.2) is 66.7 Å². The minimum Gasteiger partial charge on any atom is -0.508 e. The first kappa shape index (κ1) is 36.6. The first-order valence-electron chi connectivity index (χ1n) is 17.7. The van der Waals surface area contributed by atoms with Gasteiger partial charge in [-0.1, -0.05) is 93.6 Å². The lowest BCUT2D eigenvalue weighted by Crippen LogP contribution is -2.61. The molecule has 10 nitrogen and oxygen atoms in total. The van der Waals surface area contributed by atoms with Gasteiger partial charge in [0.25, 0.3) is 0 Å². The van der Waals surface area contributed by atoms with Gasteiger partial charge >= 0.3 is 5.97 Å². The van der Waals surface area contributed by atoms with Crippen molar-refractivity contribution in [2.24, 2.45) is 17.6 Å². The largest absolute Gasteiger partial charge is 0.508 e. The molecule has 0 bridgehead atoms. The number of phenols is 1. The van der Waals surface area contributed by atoms with Crippen LogP contribution in [0.1, 0.15) is 72.4 Å². The summed E-state index contributed by atoms with van der Waals surface area (Å²) in [5.74, 6) is -2.53. The zero-order valence-corrected chi connectivity index (χ0v) is 29.2. The average molecular weight is 683 g/mol. The van der Waals surface area contributed by atoms with Gasteiger partial charge in [0.15, 0.2) is 0 Å². The van der Waals surface area contributed by atoms with E-state index in [-0.39, 0.29) is 49.3 Å². The van der Waals surface area contributed by atoms with E-state index in [1.165, 1.54) is 4.90 Å². The molecule has 2 aliphatic rings. The molecule has 6 N–H and O–H groups in total. The Morgan fingerprint density at radius 3 is 2.14 bits per heavy atom. The fourth-order valence-corrected chi connectivity index (χ4v) is 7.73. The highest BCUT2D eigenvalue weighted by Gasteiger charge is 2.41. The van der Waals surface area contributed by atoms with Crippen molar-refractivity contribution in [1.82, 2.24) is 15.5 Å². The van der Waals surface area contributed by atoms with Crippen LogP contribution in [0.3, 0.4) is 0 Å². The van der Waals surface area contributed by atoms with Gasteiger partial charge in [0.05, 0.1) is 6.04 Å². The fraction of sp³-hybridized carbons (Fsp3) is 0.450. The van der Waals surface area contributed by atoms with E-state index in [2.05, 4.69) is 10.6 Å². The maximum atomic E-state index is 14.4. The number of hydrogen-bond acceptors (Lipinski definition) is 6. The number of carbonyl (C=O) groups excluding carboxylic acids is 3. The van der Waals surface area contributed by atoms with E-state index in [1.54, 1.807) is 12.1 Å². The Hall–Kier alpha value is -4.70. The Kier molecular flexibility index (Phi) is 12.0. The Morgan fingerprint density at radius 2 is 1.50 bits per heavy atom. The molecule has 5 atom stereocenters. The summed E-state index contributed by atoms with van der Waals surface area (Å²) >= 11 is 0. The number of aromatic hydroxyl groups is 1. The smallest absolute Gasteiger partial charge is 0.326 e. The van der Waals surface area contributed by atoms with Gasteiger partial charge in [-0.15, -0.1) is 0 Å². The molecule has 3 amide bonds. The molecule has 10 heteroatoms. The van der Waals surface area contributed by atoms with Crippen molar-refractivity contribution in [2.45, 2.75) is 103 Å². The Balaban J connectivity index is 1.41. The molecule has 1 unspecified atom stereocenters. The normalized spacial score (nSPS) is 18.6. The zero-order chi connectivity index (χ0) is 35.9. The Morgan fingerprint density at radius 1 is 0.880 bits per heavy atom. The lowest BCUT2D eigenvalue weighted by atomic mass is 9.77. The summed E-state index contributed by atoms with van der Waals surface area (Å²) < 4.78 is 0. The van der Waals surface area contributed by atoms with Crippen LogP contribution < -0.4 is 16.4 Å². The molecule has 1 saturated carbocycles. The van der Waals surface area contributed by atoms with Gasteiger partial charge in [0, 0.05) is 19.4 Å². The number of benzene rings is 3. The standard InChI is InChI=1S/C40H50N4O6/c1-24-18-31(45)19-25(2)32(24)22-33(41)39(48)44-23-30-17-11-10-16-29(30)21-35(44)37(46)43-36(26(3)28-14-8-5-9-15-28)38(47)42-34(40(49)50)20-27-12-6-4-7-13-27/h4,6-7,10-13,16-19,26,28,33-36,45H,5,8-9,14-15,20-23,41H2,1-3H3,(H,42,47)(H,43,46)(H,49,50)/t26?,33-,34-,35-,36-/m0/s1. The van der Waals surface area contributed by atoms with Gasteiger partial charge in [0.2, 0.25) is 17.7 Å². The maximum absolute atomic E-state index is 14.4. The molecule has 1 fully saturated rings. The van der Waals surface area contributed by atoms with Crippen molar-refractivity contribution in [3.05, 3.63) is 100 Å². The van der Waals surface area contributed by atoms with Crippen molar-refractivity contribution < 1.29 is 29.4 Å². The molecule has 0 spiro atoms. The number of carboxylic acid groups (broad SMARTS) is 1. The molecule has 0 radical (unpaired) electrons. The number of phenolic OH excluding ortho intramolecular Hbond substituents is 1. The van der Waals surface area contributed by atoms with Gasteiger partial charge in [0.1, 0.15) is 23.9 Å². The van der Waals surface area contributed by atoms with Crippen LogP contribution in [0.25, 0.3) is 0 Å². The van der Waals surface area contributed by atoms with Gasteiger partial charge in [-0.25, -0.2) is 4.79 Å². The van der Waals surface area contributed by atoms with Gasteiger partial charge in [-0.05, 0) is 77.6 Å². The Bertz CT molecular complexity index is 1670. The molecule has 266 valence electrons. The van der Waals surface area contributed by atoms with E-state index in [4.69, 9.17) is 5.73 Å². The quantitative estimate of drug-likeness (QED) is 0.190. The Labute approximate surface area is 294 Å². The van der Waals surface area contributed by atoms with Crippen LogP contribution in [-0.4, -0.2) is 63.0 Å². The van der Waals surface area contributed by atoms with E-state index < -0.39 is 42.0 Å². The van der Waals surface area contributed by atoms with Crippen LogP contribution in [0.4, 0.5) is 0 Å². The second-order valence-electron chi connectivity index (χ2n) is 14.2. The summed E-state index contributed by atoms with van der Waals surface area (Å²) in [6.45, 7) is 5.85. The molecular weight excluding hydrogens is 632 g/mol. The lowest BCUT2D eigenvalue weighted by Gasteiger charge is -2.39. The third-order valence-corrected chi connectivity index (χ3v) is 10.7. The molecule has 3 aromatic carbocycles. The van der Waals surface area contributed by atoms with Crippen molar-refractivity contribution in [3.8, 4) is 5.75 Å². The average Bonchev–Trinajstić information content (AvgIpc) is 3.11. The predicted molar refractivity (Wildman–Crippen MR) is 191 cm³/mol. The molecule has 5 rings (SSSR count). The second-order valence-corrected chi connectivity index (χ2v) is 14.2. The summed E-state index contributed by atoms with van der Waals surface area (Å²) in [5.41, 5.74) is 11.7. The highest BCUT2D eigenvalue weighted by molar-refractivity contribution is 5.95. The molecule has 1 aliphatic carbocycles. The van der Waals surface area contributed by atoms with Crippen LogP contribution in [0.5, 0.6) is 5.75 Å². The highest BCUT2D eigenvalue weighted by atomic mass is 16.4. The minimum absolute atomic E-state index is 0.0972. The van der Waals surface area contributed by atoms with E-state index in [9.17, 15) is 29.4 Å². The monoisotopic (exact) mass is 682 g/mol. The van der Waals surface area contributed by atoms with Crippen LogP contribution in [0, 0.1) is 25.7 Å². The number of aliphatic carboxylic acids is 1. The van der Waals surface area contributed by atoms with Crippen molar-refractivity contribution >= 4 is 23.7 Å². The summed E-state index contributed by atoms with van der Waals surface area (Å²) in [6.07, 6.45) is 5.58. The van der Waals surface area contributed by atoms with E-state index in [1.807, 2.05) is 75.4 Å². The summed E-state index contributed by atoms with van der Waals surface area (Å²) in [4.78, 5) is 56.4. The molecular formula is C40H50N4O6. The number of nitrogens with zero attached hydrogens (tertiary/aromatic N) is 1.